The molecule has 2 unspecified atom stereocenters. The fourth-order valence-electron chi connectivity index (χ4n) is 15.2. The Morgan fingerprint density at radius 2 is 1.51 bits per heavy atom. The second-order valence-electron chi connectivity index (χ2n) is 30.7. The standard InChI is InChI=1S/C75H98F5N9O9S4/c1-49(51-20-22-52(23-21-51)65-50(2)81-48-100-65)82-68(93)62-39-57(90)43-89(62)69(94)66(71(3,4)5)84-64(91)19-15-10-9-11-16-33-86(8)34-31-55(44-99-58-17-13-12-14-18-58)83-61-29-28-59(40-63(61)101(95,96)75(78,79)80)102(97,98)85-67(92)53-24-26-56(27-25-53)88-37-35-87(36-38-88)42-54-30-32-72(6,7)41-60(54)73-45-74(46-73,47-73)70(76)77/h12-14,17-18,20-29,40,48-49,55,57,62,66,70,83,90H,9-11,15-16,19,30-39,41-47H2,1-8H3,(H,82,93)(H,84,91)(H,85,92)/t49-,55?,57+,62-,66?,73?,74?/m0/s1. The van der Waals surface area contributed by atoms with Crippen molar-refractivity contribution in [2.45, 2.75) is 195 Å². The van der Waals surface area contributed by atoms with E-state index in [-0.39, 0.29) is 47.4 Å². The van der Waals surface area contributed by atoms with Crippen LogP contribution in [0, 0.1) is 28.6 Å². The molecule has 3 heterocycles. The van der Waals surface area contributed by atoms with Gasteiger partial charge in [0.1, 0.15) is 17.0 Å². The molecule has 0 spiro atoms. The Morgan fingerprint density at radius 3 is 2.15 bits per heavy atom. The number of aliphatic hydroxyl groups is 1. The highest BCUT2D eigenvalue weighted by atomic mass is 32.2. The first kappa shape index (κ1) is 78.1. The van der Waals surface area contributed by atoms with Crippen LogP contribution in [-0.2, 0) is 34.2 Å². The average molecular weight is 1490 g/mol. The first-order valence-electron chi connectivity index (χ1n) is 35.4. The smallest absolute Gasteiger partial charge is 0.391 e. The summed E-state index contributed by atoms with van der Waals surface area (Å²) in [6.45, 7) is 18.5. The van der Waals surface area contributed by atoms with Crippen molar-refractivity contribution in [1.82, 2.24) is 35.0 Å². The molecule has 556 valence electrons. The van der Waals surface area contributed by atoms with Gasteiger partial charge in [-0.1, -0.05) is 107 Å². The van der Waals surface area contributed by atoms with Gasteiger partial charge in [0, 0.05) is 85.5 Å². The van der Waals surface area contributed by atoms with Crippen molar-refractivity contribution in [3.05, 3.63) is 131 Å². The zero-order chi connectivity index (χ0) is 73.7. The van der Waals surface area contributed by atoms with E-state index in [0.29, 0.717) is 64.3 Å². The number of aryl methyl sites for hydroxylation is 1. The summed E-state index contributed by atoms with van der Waals surface area (Å²) in [6, 6.07) is 22.8. The number of thiazole rings is 1. The number of unbranched alkanes of at least 4 members (excludes halogenated alkanes) is 4. The van der Waals surface area contributed by atoms with Gasteiger partial charge in [-0.2, -0.15) is 13.2 Å². The number of aromatic nitrogens is 1. The lowest BCUT2D eigenvalue weighted by atomic mass is 9.32. The molecule has 2 bridgehead atoms. The Hall–Kier alpha value is -6.49. The first-order chi connectivity index (χ1) is 48.1. The van der Waals surface area contributed by atoms with Crippen molar-refractivity contribution in [1.29, 1.82) is 0 Å². The van der Waals surface area contributed by atoms with Crippen LogP contribution in [0.5, 0.6) is 0 Å². The van der Waals surface area contributed by atoms with Crippen molar-refractivity contribution in [3.63, 3.8) is 0 Å². The van der Waals surface area contributed by atoms with Crippen LogP contribution >= 0.6 is 23.1 Å². The number of β-amino-alcohol motifs (C(OH)–C–C–N with tert-alkyl or cyclic N) is 1. The number of sulfone groups is 1. The molecule has 11 rings (SSSR count). The minimum atomic E-state index is -6.17. The van der Waals surface area contributed by atoms with E-state index in [1.807, 2.05) is 101 Å². The van der Waals surface area contributed by atoms with Crippen molar-refractivity contribution in [2.75, 3.05) is 75.4 Å². The number of carbonyl (C=O) groups is 4. The van der Waals surface area contributed by atoms with E-state index in [1.54, 1.807) is 29.0 Å². The van der Waals surface area contributed by atoms with Crippen molar-refractivity contribution < 1.29 is 63.1 Å². The largest absolute Gasteiger partial charge is 0.501 e. The summed E-state index contributed by atoms with van der Waals surface area (Å²) < 4.78 is 128. The molecule has 0 radical (unpaired) electrons. The number of thioether (sulfide) groups is 1. The van der Waals surface area contributed by atoms with Crippen LogP contribution in [0.1, 0.15) is 159 Å². The first-order valence-corrected chi connectivity index (χ1v) is 40.2. The van der Waals surface area contributed by atoms with Crippen LogP contribution in [0.2, 0.25) is 0 Å². The van der Waals surface area contributed by atoms with Crippen LogP contribution in [0.25, 0.3) is 10.4 Å². The maximum atomic E-state index is 14.6. The van der Waals surface area contributed by atoms with E-state index in [9.17, 15) is 63.1 Å². The molecule has 2 saturated heterocycles. The molecular weight excluding hydrogens is 1390 g/mol. The fraction of sp³-hybridized carbons (Fsp3) is 0.560. The van der Waals surface area contributed by atoms with Crippen LogP contribution in [0.3, 0.4) is 0 Å². The molecule has 1 aromatic heterocycles. The summed E-state index contributed by atoms with van der Waals surface area (Å²) in [7, 11) is -9.22. The van der Waals surface area contributed by atoms with Gasteiger partial charge < -0.3 is 35.8 Å². The summed E-state index contributed by atoms with van der Waals surface area (Å²) >= 11 is 2.95. The fourth-order valence-corrected chi connectivity index (χ4v) is 19.0. The third-order valence-electron chi connectivity index (χ3n) is 21.1. The highest BCUT2D eigenvalue weighted by molar-refractivity contribution is 7.99. The molecule has 5 N–H and O–H groups in total. The lowest BCUT2D eigenvalue weighted by Gasteiger charge is -2.72. The number of alkyl halides is 5. The average Bonchev–Trinajstić information content (AvgIpc) is 0.727. The molecular formula is C75H98F5N9O9S4. The number of aliphatic hydroxyl groups excluding tert-OH is 1. The van der Waals surface area contributed by atoms with Gasteiger partial charge in [0.05, 0.1) is 38.8 Å². The highest BCUT2D eigenvalue weighted by Gasteiger charge is 2.73. The molecule has 4 aromatic carbocycles. The number of rotatable bonds is 31. The molecule has 27 heteroatoms. The number of amides is 4. The number of hydrogen-bond donors (Lipinski definition) is 5. The maximum absolute atomic E-state index is 14.6. The van der Waals surface area contributed by atoms with E-state index in [4.69, 9.17) is 0 Å². The molecule has 2 aliphatic heterocycles. The molecule has 3 saturated carbocycles. The molecule has 5 atom stereocenters. The predicted molar refractivity (Wildman–Crippen MR) is 390 cm³/mol. The molecule has 5 fully saturated rings. The summed E-state index contributed by atoms with van der Waals surface area (Å²) in [4.78, 5) is 67.2. The Balaban J connectivity index is 0.689. The number of nitrogens with one attached hydrogen (secondary N) is 4. The lowest BCUT2D eigenvalue weighted by Crippen LogP contribution is -2.66. The lowest BCUT2D eigenvalue weighted by molar-refractivity contribution is -0.250. The monoisotopic (exact) mass is 1490 g/mol. The predicted octanol–water partition coefficient (Wildman–Crippen LogP) is 13.2. The number of carbonyl (C=O) groups excluding carboxylic acids is 4. The summed E-state index contributed by atoms with van der Waals surface area (Å²) in [6.07, 6.45) is 5.73. The topological polar surface area (TPSA) is 231 Å². The van der Waals surface area contributed by atoms with E-state index < -0.39 is 106 Å². The van der Waals surface area contributed by atoms with Gasteiger partial charge in [-0.25, -0.2) is 35.3 Å². The van der Waals surface area contributed by atoms with Crippen LogP contribution in [0.15, 0.2) is 128 Å². The van der Waals surface area contributed by atoms with Gasteiger partial charge in [-0.05, 0) is 174 Å². The number of anilines is 2. The maximum Gasteiger partial charge on any atom is 0.501 e. The van der Waals surface area contributed by atoms with Gasteiger partial charge >= 0.3 is 5.51 Å². The number of sulfonamides is 1. The second kappa shape index (κ2) is 32.1. The highest BCUT2D eigenvalue weighted by Crippen LogP contribution is 2.79. The number of allylic oxidation sites excluding steroid dienone is 1. The molecule has 6 aliphatic rings. The number of benzene rings is 4. The Labute approximate surface area is 605 Å². The minimum absolute atomic E-state index is 0.0505. The summed E-state index contributed by atoms with van der Waals surface area (Å²) in [5, 5.41) is 19.7. The van der Waals surface area contributed by atoms with Crippen LogP contribution in [0.4, 0.5) is 33.3 Å². The quantitative estimate of drug-likeness (QED) is 0.0120. The van der Waals surface area contributed by atoms with Crippen LogP contribution < -0.4 is 25.6 Å². The number of nitrogens with zero attached hydrogens (tertiary/aromatic N) is 5. The van der Waals surface area contributed by atoms with Crippen molar-refractivity contribution in [2.24, 2.45) is 21.7 Å². The van der Waals surface area contributed by atoms with Crippen molar-refractivity contribution in [3.8, 4) is 10.4 Å². The molecule has 4 amide bonds. The zero-order valence-electron chi connectivity index (χ0n) is 59.5. The Kier molecular flexibility index (Phi) is 24.6. The second-order valence-corrected chi connectivity index (χ2v) is 36.2. The van der Waals surface area contributed by atoms with Gasteiger partial charge in [0.25, 0.3) is 25.8 Å². The van der Waals surface area contributed by atoms with Gasteiger partial charge in [-0.15, -0.1) is 23.1 Å². The van der Waals surface area contributed by atoms with E-state index in [2.05, 4.69) is 49.5 Å². The molecule has 18 nitrogen and oxygen atoms in total. The number of halogens is 5. The molecule has 102 heavy (non-hydrogen) atoms. The SMILES string of the molecule is Cc1ncsc1-c1ccc([C@H](C)NC(=O)[C@@H]2C[C@@H](O)CN2C(=O)C(NC(=O)CCCCCCCN(C)CCC(CSc2ccccc2)Nc2ccc(S(=O)(=O)NC(=O)c3ccc(N4CCN(CC5=C(C67CC(C(F)F)(C6)C7)CC(C)(C)CC5)CC4)cc3)cc2S(=O)(=O)C(F)(F)F)C(C)(C)C)cc1. The Morgan fingerprint density at radius 1 is 0.843 bits per heavy atom. The third kappa shape index (κ3) is 18.6. The summed E-state index contributed by atoms with van der Waals surface area (Å²) in [5.74, 6) is -1.95. The van der Waals surface area contributed by atoms with Crippen LogP contribution in [-0.4, -0.2) is 167 Å². The number of piperazine rings is 1. The van der Waals surface area contributed by atoms with Gasteiger partial charge in [0.15, 0.2) is 0 Å². The summed E-state index contributed by atoms with van der Waals surface area (Å²) in [5.41, 5.74) is 0.404. The van der Waals surface area contributed by atoms with Gasteiger partial charge in [0.2, 0.25) is 24.1 Å². The van der Waals surface area contributed by atoms with Gasteiger partial charge in [-0.3, -0.25) is 24.1 Å². The molecule has 5 aromatic rings. The normalized spacial score (nSPS) is 21.8. The van der Waals surface area contributed by atoms with Crippen molar-refractivity contribution >= 4 is 78.0 Å². The minimum Gasteiger partial charge on any atom is -0.391 e. The number of hydrogen-bond acceptors (Lipinski definition) is 16. The third-order valence-corrected chi connectivity index (χ3v) is 26.2. The molecule has 4 aliphatic carbocycles. The van der Waals surface area contributed by atoms with E-state index in [0.717, 1.165) is 109 Å². The van der Waals surface area contributed by atoms with E-state index in [1.165, 1.54) is 39.9 Å². The zero-order valence-corrected chi connectivity index (χ0v) is 62.8. The van der Waals surface area contributed by atoms with E-state index >= 15 is 0 Å². The number of likely N-dealkylation sites (tertiary alicyclic amines) is 1. The Bertz CT molecular complexity index is 4030.